The summed E-state index contributed by atoms with van der Waals surface area (Å²) in [4.78, 5) is 11.6. The maximum Gasteiger partial charge on any atom is 0.316 e. The van der Waals surface area contributed by atoms with Crippen LogP contribution in [0.15, 0.2) is 18.2 Å². The molecule has 0 aliphatic rings. The number of rotatable bonds is 2. The Bertz CT molecular complexity index is 390. The zero-order valence-electron chi connectivity index (χ0n) is 9.90. The molecule has 1 aromatic carbocycles. The number of hydrogen-bond acceptors (Lipinski definition) is 4. The molecule has 0 amide bonds. The van der Waals surface area contributed by atoms with Gasteiger partial charge in [-0.2, -0.15) is 0 Å². The molecule has 88 valence electrons. The van der Waals surface area contributed by atoms with Crippen LogP contribution in [0.25, 0.3) is 0 Å². The molecule has 0 heterocycles. The first-order valence-corrected chi connectivity index (χ1v) is 4.94. The summed E-state index contributed by atoms with van der Waals surface area (Å²) in [6.07, 6.45) is 0. The van der Waals surface area contributed by atoms with E-state index in [1.54, 1.807) is 20.8 Å². The minimum atomic E-state index is -0.580. The zero-order chi connectivity index (χ0) is 12.3. The van der Waals surface area contributed by atoms with Crippen LogP contribution in [0.5, 0.6) is 17.2 Å². The molecule has 0 spiro atoms. The Kier molecular flexibility index (Phi) is 3.42. The number of ether oxygens (including phenoxy) is 2. The highest BCUT2D eigenvalue weighted by Gasteiger charge is 2.24. The van der Waals surface area contributed by atoms with E-state index in [1.807, 2.05) is 0 Å². The Morgan fingerprint density at radius 2 is 1.88 bits per heavy atom. The smallest absolute Gasteiger partial charge is 0.316 e. The van der Waals surface area contributed by atoms with E-state index in [0.717, 1.165) is 0 Å². The Hall–Kier alpha value is -1.71. The van der Waals surface area contributed by atoms with Crippen LogP contribution < -0.4 is 9.47 Å². The molecule has 0 radical (unpaired) electrons. The van der Waals surface area contributed by atoms with Gasteiger partial charge in [0.05, 0.1) is 12.5 Å². The van der Waals surface area contributed by atoms with Crippen LogP contribution in [-0.4, -0.2) is 18.2 Å². The van der Waals surface area contributed by atoms with Crippen molar-refractivity contribution in [1.82, 2.24) is 0 Å². The molecule has 1 aromatic rings. The van der Waals surface area contributed by atoms with Gasteiger partial charge >= 0.3 is 5.97 Å². The molecule has 0 atom stereocenters. The molecular weight excluding hydrogens is 208 g/mol. The van der Waals surface area contributed by atoms with Crippen LogP contribution in [0.1, 0.15) is 20.8 Å². The lowest BCUT2D eigenvalue weighted by molar-refractivity contribution is -0.143. The fourth-order valence-corrected chi connectivity index (χ4v) is 0.994. The maximum atomic E-state index is 11.6. The van der Waals surface area contributed by atoms with Crippen LogP contribution in [0.2, 0.25) is 0 Å². The topological polar surface area (TPSA) is 55.8 Å². The summed E-state index contributed by atoms with van der Waals surface area (Å²) in [5.74, 6) is 0.349. The molecule has 1 rings (SSSR count). The lowest BCUT2D eigenvalue weighted by atomic mass is 9.97. The molecule has 1 N–H and O–H groups in total. The van der Waals surface area contributed by atoms with E-state index in [1.165, 1.54) is 25.3 Å². The third-order valence-corrected chi connectivity index (χ3v) is 1.96. The number of phenols is 1. The molecule has 0 aromatic heterocycles. The minimum Gasteiger partial charge on any atom is -0.508 e. The molecular formula is C12H16O4. The van der Waals surface area contributed by atoms with Gasteiger partial charge in [0, 0.05) is 6.07 Å². The molecule has 16 heavy (non-hydrogen) atoms. The SMILES string of the molecule is COc1cc(O)ccc1OC(=O)C(C)(C)C. The van der Waals surface area contributed by atoms with Crippen molar-refractivity contribution in [3.05, 3.63) is 18.2 Å². The predicted molar refractivity (Wildman–Crippen MR) is 59.7 cm³/mol. The number of aromatic hydroxyl groups is 1. The number of carbonyl (C=O) groups is 1. The van der Waals surface area contributed by atoms with Gasteiger partial charge in [-0.05, 0) is 32.9 Å². The quantitative estimate of drug-likeness (QED) is 0.619. The van der Waals surface area contributed by atoms with Crippen LogP contribution in [0, 0.1) is 5.41 Å². The molecule has 0 aliphatic carbocycles. The molecule has 4 heteroatoms. The highest BCUT2D eigenvalue weighted by Crippen LogP contribution is 2.32. The number of methoxy groups -OCH3 is 1. The van der Waals surface area contributed by atoms with Crippen molar-refractivity contribution in [1.29, 1.82) is 0 Å². The van der Waals surface area contributed by atoms with Crippen molar-refractivity contribution in [2.75, 3.05) is 7.11 Å². The van der Waals surface area contributed by atoms with Gasteiger partial charge in [-0.15, -0.1) is 0 Å². The average Bonchev–Trinajstić information content (AvgIpc) is 2.19. The highest BCUT2D eigenvalue weighted by atomic mass is 16.6. The van der Waals surface area contributed by atoms with Gasteiger partial charge in [-0.25, -0.2) is 0 Å². The van der Waals surface area contributed by atoms with E-state index in [9.17, 15) is 9.90 Å². The molecule has 0 bridgehead atoms. The van der Waals surface area contributed by atoms with E-state index in [0.29, 0.717) is 11.5 Å². The van der Waals surface area contributed by atoms with Crippen LogP contribution in [-0.2, 0) is 4.79 Å². The summed E-state index contributed by atoms with van der Waals surface area (Å²) in [5, 5.41) is 9.24. The summed E-state index contributed by atoms with van der Waals surface area (Å²) in [7, 11) is 1.45. The van der Waals surface area contributed by atoms with Crippen LogP contribution in [0.3, 0.4) is 0 Å². The third-order valence-electron chi connectivity index (χ3n) is 1.96. The van der Waals surface area contributed by atoms with Crippen molar-refractivity contribution in [3.63, 3.8) is 0 Å². The molecule has 0 aliphatic heterocycles. The number of phenolic OH excluding ortho intramolecular Hbond substituents is 1. The molecule has 0 saturated carbocycles. The fraction of sp³-hybridized carbons (Fsp3) is 0.417. The number of hydrogen-bond donors (Lipinski definition) is 1. The van der Waals surface area contributed by atoms with Crippen LogP contribution >= 0.6 is 0 Å². The predicted octanol–water partition coefficient (Wildman–Crippen LogP) is 2.35. The second-order valence-corrected chi connectivity index (χ2v) is 4.47. The van der Waals surface area contributed by atoms with Crippen molar-refractivity contribution in [2.45, 2.75) is 20.8 Å². The van der Waals surface area contributed by atoms with Crippen molar-refractivity contribution in [3.8, 4) is 17.2 Å². The highest BCUT2D eigenvalue weighted by molar-refractivity contribution is 5.78. The van der Waals surface area contributed by atoms with Gasteiger partial charge in [0.15, 0.2) is 11.5 Å². The lowest BCUT2D eigenvalue weighted by Gasteiger charge is -2.17. The lowest BCUT2D eigenvalue weighted by Crippen LogP contribution is -2.25. The largest absolute Gasteiger partial charge is 0.508 e. The summed E-state index contributed by atoms with van der Waals surface area (Å²) < 4.78 is 10.2. The van der Waals surface area contributed by atoms with Gasteiger partial charge in [0.25, 0.3) is 0 Å². The van der Waals surface area contributed by atoms with Gasteiger partial charge in [-0.1, -0.05) is 0 Å². The summed E-state index contributed by atoms with van der Waals surface area (Å²) in [6, 6.07) is 4.33. The first kappa shape index (κ1) is 12.4. The van der Waals surface area contributed by atoms with Crippen molar-refractivity contribution >= 4 is 5.97 Å². The number of carbonyl (C=O) groups excluding carboxylic acids is 1. The second kappa shape index (κ2) is 4.43. The van der Waals surface area contributed by atoms with Gasteiger partial charge in [-0.3, -0.25) is 4.79 Å². The van der Waals surface area contributed by atoms with Crippen molar-refractivity contribution < 1.29 is 19.4 Å². The third kappa shape index (κ3) is 2.89. The van der Waals surface area contributed by atoms with Gasteiger partial charge in [0.1, 0.15) is 5.75 Å². The molecule has 0 unspecified atom stereocenters. The first-order valence-electron chi connectivity index (χ1n) is 4.94. The zero-order valence-corrected chi connectivity index (χ0v) is 9.90. The Morgan fingerprint density at radius 1 is 1.25 bits per heavy atom. The normalized spacial score (nSPS) is 11.0. The maximum absolute atomic E-state index is 11.6. The minimum absolute atomic E-state index is 0.0624. The summed E-state index contributed by atoms with van der Waals surface area (Å²) in [6.45, 7) is 5.30. The molecule has 0 saturated heterocycles. The Labute approximate surface area is 94.8 Å². The van der Waals surface area contributed by atoms with Crippen molar-refractivity contribution in [2.24, 2.45) is 5.41 Å². The monoisotopic (exact) mass is 224 g/mol. The Morgan fingerprint density at radius 3 is 2.38 bits per heavy atom. The number of benzene rings is 1. The van der Waals surface area contributed by atoms with E-state index >= 15 is 0 Å². The fourth-order valence-electron chi connectivity index (χ4n) is 0.994. The van der Waals surface area contributed by atoms with Gasteiger partial charge < -0.3 is 14.6 Å². The van der Waals surface area contributed by atoms with E-state index in [-0.39, 0.29) is 11.7 Å². The van der Waals surface area contributed by atoms with E-state index in [4.69, 9.17) is 9.47 Å². The Balaban J connectivity index is 2.93. The first-order chi connectivity index (χ1) is 7.34. The molecule has 0 fully saturated rings. The summed E-state index contributed by atoms with van der Waals surface area (Å²) >= 11 is 0. The van der Waals surface area contributed by atoms with Crippen LogP contribution in [0.4, 0.5) is 0 Å². The number of esters is 1. The average molecular weight is 224 g/mol. The van der Waals surface area contributed by atoms with E-state index < -0.39 is 5.41 Å². The van der Waals surface area contributed by atoms with E-state index in [2.05, 4.69) is 0 Å². The molecule has 4 nitrogen and oxygen atoms in total. The standard InChI is InChI=1S/C12H16O4/c1-12(2,3)11(14)16-9-6-5-8(13)7-10(9)15-4/h5-7,13H,1-4H3. The summed E-state index contributed by atoms with van der Waals surface area (Å²) in [5.41, 5.74) is -0.580. The van der Waals surface area contributed by atoms with Gasteiger partial charge in [0.2, 0.25) is 0 Å². The second-order valence-electron chi connectivity index (χ2n) is 4.47.